The van der Waals surface area contributed by atoms with Crippen molar-refractivity contribution in [2.45, 2.75) is 32.7 Å². The quantitative estimate of drug-likeness (QED) is 0.585. The summed E-state index contributed by atoms with van der Waals surface area (Å²) in [6, 6.07) is 3.97. The second-order valence-corrected chi connectivity index (χ2v) is 10.0. The SMILES string of the molecule is CC(C)COc1c(-c2cn[nH]c2)ccc2nc(NC3CCN(S(C)(=O)=O)CC3)nn12. The summed E-state index contributed by atoms with van der Waals surface area (Å²) >= 11 is 0. The van der Waals surface area contributed by atoms with Crippen LogP contribution in [0.3, 0.4) is 0 Å². The highest BCUT2D eigenvalue weighted by molar-refractivity contribution is 7.88. The molecule has 1 fully saturated rings. The molecule has 0 aliphatic carbocycles. The molecule has 3 aromatic rings. The fraction of sp³-hybridized carbons (Fsp3) is 0.526. The van der Waals surface area contributed by atoms with Crippen LogP contribution in [0.4, 0.5) is 5.95 Å². The fourth-order valence-electron chi connectivity index (χ4n) is 3.50. The van der Waals surface area contributed by atoms with Crippen LogP contribution in [0.25, 0.3) is 16.8 Å². The molecule has 4 rings (SSSR count). The lowest BCUT2D eigenvalue weighted by molar-refractivity contribution is 0.256. The second kappa shape index (κ2) is 8.23. The molecule has 1 saturated heterocycles. The standard InChI is InChI=1S/C19H27N7O3S/c1-13(2)12-29-18-16(14-10-20-21-11-14)4-5-17-23-19(24-26(17)18)22-15-6-8-25(9-7-15)30(3,27)28/h4-5,10-11,13,15H,6-9,12H2,1-3H3,(H,20,21)(H,22,24). The van der Waals surface area contributed by atoms with Gasteiger partial charge in [0.15, 0.2) is 5.65 Å². The Kier molecular flexibility index (Phi) is 5.65. The number of anilines is 1. The van der Waals surface area contributed by atoms with Crippen LogP contribution in [0, 0.1) is 5.92 Å². The van der Waals surface area contributed by atoms with Crippen molar-refractivity contribution in [3.8, 4) is 17.0 Å². The molecule has 0 radical (unpaired) electrons. The molecule has 11 heteroatoms. The molecule has 1 aliphatic rings. The summed E-state index contributed by atoms with van der Waals surface area (Å²) < 4.78 is 32.7. The molecule has 10 nitrogen and oxygen atoms in total. The lowest BCUT2D eigenvalue weighted by Crippen LogP contribution is -2.41. The van der Waals surface area contributed by atoms with Crippen molar-refractivity contribution in [2.24, 2.45) is 5.92 Å². The number of aromatic amines is 1. The molecule has 1 aliphatic heterocycles. The number of nitrogens with one attached hydrogen (secondary N) is 2. The lowest BCUT2D eigenvalue weighted by atomic mass is 10.1. The minimum Gasteiger partial charge on any atom is -0.477 e. The number of pyridine rings is 1. The summed E-state index contributed by atoms with van der Waals surface area (Å²) in [7, 11) is -3.14. The Balaban J connectivity index is 1.58. The molecular weight excluding hydrogens is 406 g/mol. The normalized spacial score (nSPS) is 16.4. The van der Waals surface area contributed by atoms with Crippen molar-refractivity contribution >= 4 is 21.6 Å². The minimum absolute atomic E-state index is 0.119. The summed E-state index contributed by atoms with van der Waals surface area (Å²) in [6.07, 6.45) is 6.23. The first-order valence-electron chi connectivity index (χ1n) is 10.0. The van der Waals surface area contributed by atoms with E-state index in [9.17, 15) is 8.42 Å². The second-order valence-electron chi connectivity index (χ2n) is 8.03. The van der Waals surface area contributed by atoms with Crippen molar-refractivity contribution < 1.29 is 13.2 Å². The summed E-state index contributed by atoms with van der Waals surface area (Å²) in [6.45, 7) is 5.73. The van der Waals surface area contributed by atoms with E-state index in [0.29, 0.717) is 55.9 Å². The summed E-state index contributed by atoms with van der Waals surface area (Å²) in [4.78, 5) is 4.59. The zero-order valence-electron chi connectivity index (χ0n) is 17.4. The maximum Gasteiger partial charge on any atom is 0.243 e. The van der Waals surface area contributed by atoms with E-state index >= 15 is 0 Å². The van der Waals surface area contributed by atoms with Gasteiger partial charge in [0.25, 0.3) is 0 Å². The molecule has 0 aromatic carbocycles. The summed E-state index contributed by atoms with van der Waals surface area (Å²) in [5.74, 6) is 1.49. The number of rotatable bonds is 7. The monoisotopic (exact) mass is 433 g/mol. The first kappa shape index (κ1) is 20.6. The van der Waals surface area contributed by atoms with Gasteiger partial charge in [-0.1, -0.05) is 13.8 Å². The number of fused-ring (bicyclic) bond motifs is 1. The van der Waals surface area contributed by atoms with Crippen molar-refractivity contribution in [3.63, 3.8) is 0 Å². The van der Waals surface area contributed by atoms with Gasteiger partial charge < -0.3 is 10.1 Å². The topological polar surface area (TPSA) is 118 Å². The molecule has 0 saturated carbocycles. The maximum absolute atomic E-state index is 11.7. The molecule has 30 heavy (non-hydrogen) atoms. The number of aromatic nitrogens is 5. The van der Waals surface area contributed by atoms with Crippen LogP contribution in [0.5, 0.6) is 5.88 Å². The van der Waals surface area contributed by atoms with Crippen molar-refractivity contribution in [1.29, 1.82) is 0 Å². The molecule has 0 unspecified atom stereocenters. The molecule has 0 bridgehead atoms. The van der Waals surface area contributed by atoms with Crippen LogP contribution in [-0.2, 0) is 10.0 Å². The van der Waals surface area contributed by atoms with E-state index in [1.807, 2.05) is 18.3 Å². The molecule has 0 amide bonds. The predicted molar refractivity (Wildman–Crippen MR) is 114 cm³/mol. The van der Waals surface area contributed by atoms with E-state index < -0.39 is 10.0 Å². The van der Waals surface area contributed by atoms with Crippen LogP contribution in [0.15, 0.2) is 24.5 Å². The van der Waals surface area contributed by atoms with Gasteiger partial charge in [-0.2, -0.15) is 14.6 Å². The highest BCUT2D eigenvalue weighted by Crippen LogP contribution is 2.31. The van der Waals surface area contributed by atoms with Gasteiger partial charge in [0.2, 0.25) is 21.9 Å². The molecule has 0 spiro atoms. The number of ether oxygens (including phenoxy) is 1. The van der Waals surface area contributed by atoms with Gasteiger partial charge in [0.05, 0.1) is 19.1 Å². The van der Waals surface area contributed by atoms with Crippen LogP contribution < -0.4 is 10.1 Å². The van der Waals surface area contributed by atoms with Crippen LogP contribution >= 0.6 is 0 Å². The predicted octanol–water partition coefficient (Wildman–Crippen LogP) is 1.99. The third-order valence-electron chi connectivity index (χ3n) is 5.07. The summed E-state index contributed by atoms with van der Waals surface area (Å²) in [5.41, 5.74) is 2.47. The van der Waals surface area contributed by atoms with E-state index in [1.54, 1.807) is 10.7 Å². The van der Waals surface area contributed by atoms with E-state index in [4.69, 9.17) is 4.74 Å². The first-order chi connectivity index (χ1) is 14.3. The number of hydrogen-bond acceptors (Lipinski definition) is 7. The van der Waals surface area contributed by atoms with Gasteiger partial charge in [0, 0.05) is 36.5 Å². The van der Waals surface area contributed by atoms with E-state index in [-0.39, 0.29) is 6.04 Å². The number of piperidine rings is 1. The Labute approximate surface area is 175 Å². The number of hydrogen-bond donors (Lipinski definition) is 2. The van der Waals surface area contributed by atoms with Gasteiger partial charge in [-0.3, -0.25) is 5.10 Å². The third kappa shape index (κ3) is 4.41. The lowest BCUT2D eigenvalue weighted by Gasteiger charge is -2.30. The fourth-order valence-corrected chi connectivity index (χ4v) is 4.38. The van der Waals surface area contributed by atoms with Crippen molar-refractivity contribution in [1.82, 2.24) is 29.1 Å². The zero-order valence-corrected chi connectivity index (χ0v) is 18.2. The van der Waals surface area contributed by atoms with Gasteiger partial charge in [-0.05, 0) is 30.9 Å². The van der Waals surface area contributed by atoms with Crippen LogP contribution in [0.2, 0.25) is 0 Å². The molecule has 3 aromatic heterocycles. The average molecular weight is 434 g/mol. The average Bonchev–Trinajstić information content (AvgIpc) is 3.35. The highest BCUT2D eigenvalue weighted by atomic mass is 32.2. The maximum atomic E-state index is 11.7. The van der Waals surface area contributed by atoms with Gasteiger partial charge in [0.1, 0.15) is 0 Å². The number of sulfonamides is 1. The third-order valence-corrected chi connectivity index (χ3v) is 6.38. The van der Waals surface area contributed by atoms with E-state index in [1.165, 1.54) is 10.6 Å². The molecule has 0 atom stereocenters. The zero-order chi connectivity index (χ0) is 21.3. The van der Waals surface area contributed by atoms with Gasteiger partial charge in [-0.25, -0.2) is 12.7 Å². The van der Waals surface area contributed by atoms with E-state index in [0.717, 1.165) is 11.1 Å². The van der Waals surface area contributed by atoms with Crippen LogP contribution in [-0.4, -0.2) is 69.5 Å². The smallest absolute Gasteiger partial charge is 0.243 e. The Morgan fingerprint density at radius 3 is 2.70 bits per heavy atom. The molecule has 2 N–H and O–H groups in total. The van der Waals surface area contributed by atoms with Crippen molar-refractivity contribution in [2.75, 3.05) is 31.3 Å². The molecule has 4 heterocycles. The Hall–Kier alpha value is -2.66. The van der Waals surface area contributed by atoms with Crippen molar-refractivity contribution in [3.05, 3.63) is 24.5 Å². The number of nitrogens with zero attached hydrogens (tertiary/aromatic N) is 5. The molecule has 162 valence electrons. The largest absolute Gasteiger partial charge is 0.477 e. The minimum atomic E-state index is -3.14. The summed E-state index contributed by atoms with van der Waals surface area (Å²) in [5, 5.41) is 14.8. The van der Waals surface area contributed by atoms with Gasteiger partial charge in [-0.15, -0.1) is 5.10 Å². The Morgan fingerprint density at radius 2 is 2.07 bits per heavy atom. The van der Waals surface area contributed by atoms with Crippen LogP contribution in [0.1, 0.15) is 26.7 Å². The number of H-pyrrole nitrogens is 1. The first-order valence-corrected chi connectivity index (χ1v) is 11.9. The Morgan fingerprint density at radius 1 is 1.30 bits per heavy atom. The van der Waals surface area contributed by atoms with Gasteiger partial charge >= 0.3 is 0 Å². The highest BCUT2D eigenvalue weighted by Gasteiger charge is 2.26. The Bertz CT molecular complexity index is 1100. The molecular formula is C19H27N7O3S. The van der Waals surface area contributed by atoms with E-state index in [2.05, 4.69) is 39.4 Å².